The molecule has 0 bridgehead atoms. The van der Waals surface area contributed by atoms with Gasteiger partial charge in [0.15, 0.2) is 6.10 Å². The average molecular weight is 322 g/mol. The molecule has 1 unspecified atom stereocenters. The minimum Gasteiger partial charge on any atom is -0.508 e. The Morgan fingerprint density at radius 1 is 1.25 bits per heavy atom. The van der Waals surface area contributed by atoms with Gasteiger partial charge in [0.05, 0.1) is 11.8 Å². The standard InChI is InChI=1S/C19H18N2O3/c1-12-3-4-14(13(2)9-12)10-18-19(23)21(8-7-20)16-11-15(22)5-6-17(16)24-18/h3-6,9,11,18,22H,8,10H2,1-2H3. The van der Waals surface area contributed by atoms with Crippen LogP contribution in [0.5, 0.6) is 11.5 Å². The summed E-state index contributed by atoms with van der Waals surface area (Å²) < 4.78 is 5.85. The van der Waals surface area contributed by atoms with Gasteiger partial charge in [0.1, 0.15) is 18.0 Å². The van der Waals surface area contributed by atoms with Crippen molar-refractivity contribution < 1.29 is 14.6 Å². The first kappa shape index (κ1) is 15.9. The number of aromatic hydroxyl groups is 1. The van der Waals surface area contributed by atoms with Crippen LogP contribution in [0, 0.1) is 25.2 Å². The number of ether oxygens (including phenoxy) is 1. The number of benzene rings is 2. The number of rotatable bonds is 3. The number of carbonyl (C=O) groups excluding carboxylic acids is 1. The molecule has 1 N–H and O–H groups in total. The number of amides is 1. The van der Waals surface area contributed by atoms with E-state index < -0.39 is 6.10 Å². The van der Waals surface area contributed by atoms with E-state index in [4.69, 9.17) is 10.00 Å². The molecule has 0 saturated heterocycles. The van der Waals surface area contributed by atoms with E-state index in [-0.39, 0.29) is 18.2 Å². The maximum absolute atomic E-state index is 12.7. The van der Waals surface area contributed by atoms with Gasteiger partial charge in [0, 0.05) is 12.5 Å². The molecule has 1 aliphatic rings. The van der Waals surface area contributed by atoms with Crippen LogP contribution in [-0.2, 0) is 11.2 Å². The lowest BCUT2D eigenvalue weighted by atomic mass is 9.99. The fraction of sp³-hybridized carbons (Fsp3) is 0.263. The van der Waals surface area contributed by atoms with Crippen LogP contribution in [0.15, 0.2) is 36.4 Å². The molecule has 24 heavy (non-hydrogen) atoms. The Morgan fingerprint density at radius 2 is 2.04 bits per heavy atom. The topological polar surface area (TPSA) is 73.6 Å². The lowest BCUT2D eigenvalue weighted by Gasteiger charge is -2.33. The molecule has 1 aliphatic heterocycles. The summed E-state index contributed by atoms with van der Waals surface area (Å²) in [5, 5.41) is 18.7. The van der Waals surface area contributed by atoms with Gasteiger partial charge in [-0.25, -0.2) is 0 Å². The van der Waals surface area contributed by atoms with Crippen molar-refractivity contribution in [1.82, 2.24) is 0 Å². The summed E-state index contributed by atoms with van der Waals surface area (Å²) in [4.78, 5) is 14.1. The smallest absolute Gasteiger partial charge is 0.269 e. The van der Waals surface area contributed by atoms with Crippen molar-refractivity contribution in [2.45, 2.75) is 26.4 Å². The van der Waals surface area contributed by atoms with Gasteiger partial charge in [0.2, 0.25) is 0 Å². The third kappa shape index (κ3) is 2.91. The van der Waals surface area contributed by atoms with Crippen LogP contribution in [0.3, 0.4) is 0 Å². The van der Waals surface area contributed by atoms with Gasteiger partial charge in [-0.3, -0.25) is 9.69 Å². The van der Waals surface area contributed by atoms with Gasteiger partial charge < -0.3 is 9.84 Å². The van der Waals surface area contributed by atoms with Crippen molar-refractivity contribution in [3.8, 4) is 17.6 Å². The summed E-state index contributed by atoms with van der Waals surface area (Å²) >= 11 is 0. The maximum Gasteiger partial charge on any atom is 0.269 e. The SMILES string of the molecule is Cc1ccc(CC2Oc3ccc(O)cc3N(CC#N)C2=O)c(C)c1. The van der Waals surface area contributed by atoms with E-state index in [1.165, 1.54) is 22.6 Å². The molecule has 0 aromatic heterocycles. The second-order valence-electron chi connectivity index (χ2n) is 5.98. The lowest BCUT2D eigenvalue weighted by Crippen LogP contribution is -2.47. The predicted molar refractivity (Wildman–Crippen MR) is 90.1 cm³/mol. The van der Waals surface area contributed by atoms with E-state index >= 15 is 0 Å². The minimum absolute atomic E-state index is 0.0286. The fourth-order valence-corrected chi connectivity index (χ4v) is 2.95. The maximum atomic E-state index is 12.7. The highest BCUT2D eigenvalue weighted by atomic mass is 16.5. The van der Waals surface area contributed by atoms with E-state index in [2.05, 4.69) is 6.07 Å². The molecule has 1 atom stereocenters. The minimum atomic E-state index is -0.684. The van der Waals surface area contributed by atoms with Crippen molar-refractivity contribution in [1.29, 1.82) is 5.26 Å². The molecule has 5 heteroatoms. The number of carbonyl (C=O) groups is 1. The van der Waals surface area contributed by atoms with E-state index in [9.17, 15) is 9.90 Å². The van der Waals surface area contributed by atoms with Crippen molar-refractivity contribution in [2.75, 3.05) is 11.4 Å². The van der Waals surface area contributed by atoms with Gasteiger partial charge in [-0.05, 0) is 37.1 Å². The number of aryl methyl sites for hydroxylation is 2. The number of hydrogen-bond donors (Lipinski definition) is 1. The second kappa shape index (κ2) is 6.25. The lowest BCUT2D eigenvalue weighted by molar-refractivity contribution is -0.126. The third-order valence-electron chi connectivity index (χ3n) is 4.18. The number of nitrogens with zero attached hydrogens (tertiary/aromatic N) is 2. The first-order valence-electron chi connectivity index (χ1n) is 7.73. The van der Waals surface area contributed by atoms with E-state index in [1.54, 1.807) is 6.07 Å². The molecule has 1 amide bonds. The van der Waals surface area contributed by atoms with Crippen molar-refractivity contribution in [3.63, 3.8) is 0 Å². The van der Waals surface area contributed by atoms with Gasteiger partial charge in [-0.2, -0.15) is 5.26 Å². The van der Waals surface area contributed by atoms with Crippen LogP contribution in [-0.4, -0.2) is 23.7 Å². The fourth-order valence-electron chi connectivity index (χ4n) is 2.95. The molecule has 2 aromatic carbocycles. The Morgan fingerprint density at radius 3 is 2.75 bits per heavy atom. The van der Waals surface area contributed by atoms with Gasteiger partial charge >= 0.3 is 0 Å². The molecule has 2 aromatic rings. The van der Waals surface area contributed by atoms with Gasteiger partial charge in [-0.1, -0.05) is 23.8 Å². The van der Waals surface area contributed by atoms with Crippen molar-refractivity contribution >= 4 is 11.6 Å². The van der Waals surface area contributed by atoms with Crippen LogP contribution < -0.4 is 9.64 Å². The molecule has 1 heterocycles. The second-order valence-corrected chi connectivity index (χ2v) is 5.98. The Labute approximate surface area is 140 Å². The first-order chi connectivity index (χ1) is 11.5. The third-order valence-corrected chi connectivity index (χ3v) is 4.18. The number of nitriles is 1. The number of anilines is 1. The number of phenolic OH excluding ortho intramolecular Hbond substituents is 1. The number of fused-ring (bicyclic) bond motifs is 1. The summed E-state index contributed by atoms with van der Waals surface area (Å²) in [6.45, 7) is 3.95. The highest BCUT2D eigenvalue weighted by molar-refractivity contribution is 6.00. The molecular formula is C19H18N2O3. The number of phenols is 1. The zero-order valence-electron chi connectivity index (χ0n) is 13.6. The molecule has 0 radical (unpaired) electrons. The van der Waals surface area contributed by atoms with Gasteiger partial charge in [0.25, 0.3) is 5.91 Å². The van der Waals surface area contributed by atoms with Crippen molar-refractivity contribution in [3.05, 3.63) is 53.1 Å². The molecule has 0 spiro atoms. The van der Waals surface area contributed by atoms with Gasteiger partial charge in [-0.15, -0.1) is 0 Å². The zero-order chi connectivity index (χ0) is 17.3. The van der Waals surface area contributed by atoms with Crippen LogP contribution in [0.1, 0.15) is 16.7 Å². The molecule has 0 aliphatic carbocycles. The van der Waals surface area contributed by atoms with E-state index in [0.717, 1.165) is 11.1 Å². The highest BCUT2D eigenvalue weighted by Gasteiger charge is 2.34. The summed E-state index contributed by atoms with van der Waals surface area (Å²) in [6.07, 6.45) is -0.246. The van der Waals surface area contributed by atoms with E-state index in [0.29, 0.717) is 17.9 Å². The zero-order valence-corrected chi connectivity index (χ0v) is 13.6. The molecule has 0 saturated carbocycles. The quantitative estimate of drug-likeness (QED) is 0.882. The van der Waals surface area contributed by atoms with Crippen LogP contribution >= 0.6 is 0 Å². The Bertz CT molecular complexity index is 839. The summed E-state index contributed by atoms with van der Waals surface area (Å²) in [5.74, 6) is 0.257. The predicted octanol–water partition coefficient (Wildman–Crippen LogP) is 2.87. The highest BCUT2D eigenvalue weighted by Crippen LogP contribution is 2.37. The number of hydrogen-bond acceptors (Lipinski definition) is 4. The summed E-state index contributed by atoms with van der Waals surface area (Å²) in [5.41, 5.74) is 3.74. The van der Waals surface area contributed by atoms with Crippen LogP contribution in [0.25, 0.3) is 0 Å². The molecule has 122 valence electrons. The Balaban J connectivity index is 1.94. The average Bonchev–Trinajstić information content (AvgIpc) is 2.54. The first-order valence-corrected chi connectivity index (χ1v) is 7.73. The molecular weight excluding hydrogens is 304 g/mol. The Kier molecular flexibility index (Phi) is 4.13. The van der Waals surface area contributed by atoms with Crippen LogP contribution in [0.4, 0.5) is 5.69 Å². The van der Waals surface area contributed by atoms with E-state index in [1.807, 2.05) is 32.0 Å². The Hall–Kier alpha value is -3.00. The molecule has 5 nitrogen and oxygen atoms in total. The molecule has 0 fully saturated rings. The largest absolute Gasteiger partial charge is 0.508 e. The van der Waals surface area contributed by atoms with Crippen molar-refractivity contribution in [2.24, 2.45) is 0 Å². The summed E-state index contributed by atoms with van der Waals surface area (Å²) in [7, 11) is 0. The monoisotopic (exact) mass is 322 g/mol. The molecule has 3 rings (SSSR count). The van der Waals surface area contributed by atoms with Crippen LogP contribution in [0.2, 0.25) is 0 Å². The summed E-state index contributed by atoms with van der Waals surface area (Å²) in [6, 6.07) is 12.7. The normalized spacial score (nSPS) is 16.3.